The van der Waals surface area contributed by atoms with Gasteiger partial charge in [-0.1, -0.05) is 48.5 Å². The Morgan fingerprint density at radius 3 is 2.35 bits per heavy atom. The van der Waals surface area contributed by atoms with E-state index in [1.807, 2.05) is 36.4 Å². The summed E-state index contributed by atoms with van der Waals surface area (Å²) in [5, 5.41) is 12.7. The molecule has 1 aliphatic rings. The van der Waals surface area contributed by atoms with Gasteiger partial charge in [-0.3, -0.25) is 14.9 Å². The standard InChI is InChI=1S/C23H20N2O6/c26-22(17-9-3-1-4-10-17)24-15-19(16-29-18-11-5-2-6-12-18)30-23(31-24)20-13-7-8-14-21(20)25(27)28/h1-14,19,23H,15-16H2/t19-,23+/m0/s1. The first kappa shape index (κ1) is 20.5. The number of benzene rings is 3. The van der Waals surface area contributed by atoms with Gasteiger partial charge in [0.05, 0.1) is 17.0 Å². The van der Waals surface area contributed by atoms with Gasteiger partial charge in [0.25, 0.3) is 11.6 Å². The maximum Gasteiger partial charge on any atom is 0.277 e. The number of nitrogens with zero attached hydrogens (tertiary/aromatic N) is 2. The molecule has 1 fully saturated rings. The SMILES string of the molecule is O=C(c1ccccc1)N1C[C@@H](COc2ccccc2)O[C@@H](c2ccccc2[N+](=O)[O-])O1. The van der Waals surface area contributed by atoms with Gasteiger partial charge >= 0.3 is 0 Å². The summed E-state index contributed by atoms with van der Waals surface area (Å²) in [5.41, 5.74) is 0.514. The normalized spacial score (nSPS) is 18.4. The lowest BCUT2D eigenvalue weighted by atomic mass is 10.1. The van der Waals surface area contributed by atoms with E-state index in [9.17, 15) is 14.9 Å². The van der Waals surface area contributed by atoms with E-state index in [-0.39, 0.29) is 30.3 Å². The largest absolute Gasteiger partial charge is 0.491 e. The van der Waals surface area contributed by atoms with Crippen molar-refractivity contribution >= 4 is 11.6 Å². The molecule has 2 atom stereocenters. The average Bonchev–Trinajstić information content (AvgIpc) is 2.83. The molecule has 4 rings (SSSR count). The third-order valence-corrected chi connectivity index (χ3v) is 4.72. The van der Waals surface area contributed by atoms with Gasteiger partial charge < -0.3 is 9.47 Å². The summed E-state index contributed by atoms with van der Waals surface area (Å²) in [7, 11) is 0. The summed E-state index contributed by atoms with van der Waals surface area (Å²) in [5.74, 6) is 0.290. The molecule has 3 aromatic carbocycles. The smallest absolute Gasteiger partial charge is 0.277 e. The lowest BCUT2D eigenvalue weighted by Gasteiger charge is -2.37. The van der Waals surface area contributed by atoms with Crippen molar-refractivity contribution in [3.05, 3.63) is 106 Å². The molecular weight excluding hydrogens is 400 g/mol. The number of amides is 1. The van der Waals surface area contributed by atoms with Crippen LogP contribution in [-0.4, -0.2) is 35.1 Å². The van der Waals surface area contributed by atoms with Crippen LogP contribution in [0, 0.1) is 10.1 Å². The van der Waals surface area contributed by atoms with Gasteiger partial charge in [-0.05, 0) is 30.3 Å². The lowest BCUT2D eigenvalue weighted by molar-refractivity contribution is -0.390. The van der Waals surface area contributed by atoms with Gasteiger partial charge in [0.1, 0.15) is 18.5 Å². The minimum atomic E-state index is -1.13. The minimum absolute atomic E-state index is 0.109. The van der Waals surface area contributed by atoms with Crippen molar-refractivity contribution < 1.29 is 24.0 Å². The summed E-state index contributed by atoms with van der Waals surface area (Å²) in [6.45, 7) is 0.251. The highest BCUT2D eigenvalue weighted by Crippen LogP contribution is 2.33. The van der Waals surface area contributed by atoms with Gasteiger partial charge in [0, 0.05) is 11.6 Å². The fourth-order valence-corrected chi connectivity index (χ4v) is 3.22. The fraction of sp³-hybridized carbons (Fsp3) is 0.174. The number of ether oxygens (including phenoxy) is 2. The quantitative estimate of drug-likeness (QED) is 0.440. The number of carbonyl (C=O) groups excluding carboxylic acids is 1. The lowest BCUT2D eigenvalue weighted by Crippen LogP contribution is -2.47. The van der Waals surface area contributed by atoms with Crippen molar-refractivity contribution in [2.75, 3.05) is 13.2 Å². The second-order valence-corrected chi connectivity index (χ2v) is 6.87. The van der Waals surface area contributed by atoms with E-state index in [0.29, 0.717) is 11.3 Å². The first-order valence-electron chi connectivity index (χ1n) is 9.72. The van der Waals surface area contributed by atoms with Crippen molar-refractivity contribution in [3.63, 3.8) is 0 Å². The van der Waals surface area contributed by atoms with Crippen LogP contribution in [0.3, 0.4) is 0 Å². The van der Waals surface area contributed by atoms with Crippen molar-refractivity contribution in [3.8, 4) is 5.75 Å². The summed E-state index contributed by atoms with van der Waals surface area (Å²) >= 11 is 0. The molecule has 0 aromatic heterocycles. The number of hydrogen-bond acceptors (Lipinski definition) is 6. The van der Waals surface area contributed by atoms with Crippen LogP contribution in [0.15, 0.2) is 84.9 Å². The van der Waals surface area contributed by atoms with E-state index in [1.54, 1.807) is 42.5 Å². The third-order valence-electron chi connectivity index (χ3n) is 4.72. The fourth-order valence-electron chi connectivity index (χ4n) is 3.22. The van der Waals surface area contributed by atoms with E-state index in [1.165, 1.54) is 11.1 Å². The van der Waals surface area contributed by atoms with Gasteiger partial charge in [-0.15, -0.1) is 0 Å². The number of para-hydroxylation sites is 2. The first-order valence-corrected chi connectivity index (χ1v) is 9.72. The minimum Gasteiger partial charge on any atom is -0.491 e. The molecule has 31 heavy (non-hydrogen) atoms. The molecule has 0 bridgehead atoms. The van der Waals surface area contributed by atoms with E-state index >= 15 is 0 Å². The zero-order chi connectivity index (χ0) is 21.6. The molecule has 1 amide bonds. The number of nitro groups is 1. The van der Waals surface area contributed by atoms with E-state index in [4.69, 9.17) is 14.3 Å². The van der Waals surface area contributed by atoms with Crippen molar-refractivity contribution in [2.45, 2.75) is 12.4 Å². The van der Waals surface area contributed by atoms with Crippen LogP contribution in [0.1, 0.15) is 22.2 Å². The van der Waals surface area contributed by atoms with Crippen LogP contribution >= 0.6 is 0 Å². The van der Waals surface area contributed by atoms with Crippen LogP contribution in [-0.2, 0) is 9.57 Å². The molecule has 0 spiro atoms. The third kappa shape index (κ3) is 4.88. The molecule has 158 valence electrons. The summed E-state index contributed by atoms with van der Waals surface area (Å²) in [6.07, 6.45) is -1.70. The number of rotatable bonds is 6. The molecule has 0 radical (unpaired) electrons. The van der Waals surface area contributed by atoms with Crippen LogP contribution in [0.25, 0.3) is 0 Å². The average molecular weight is 420 g/mol. The molecule has 1 saturated heterocycles. The van der Waals surface area contributed by atoms with Crippen LogP contribution in [0.2, 0.25) is 0 Å². The second kappa shape index (κ2) is 9.38. The molecule has 1 heterocycles. The van der Waals surface area contributed by atoms with Crippen molar-refractivity contribution in [1.29, 1.82) is 0 Å². The molecule has 0 saturated carbocycles. The van der Waals surface area contributed by atoms with E-state index in [0.717, 1.165) is 0 Å². The van der Waals surface area contributed by atoms with Gasteiger partial charge in [0.2, 0.25) is 6.29 Å². The Kier molecular flexibility index (Phi) is 6.21. The molecule has 0 aliphatic carbocycles. The number of hydrogen-bond donors (Lipinski definition) is 0. The molecule has 0 N–H and O–H groups in total. The van der Waals surface area contributed by atoms with Crippen molar-refractivity contribution in [1.82, 2.24) is 5.06 Å². The highest BCUT2D eigenvalue weighted by atomic mass is 16.8. The summed E-state index contributed by atoms with van der Waals surface area (Å²) in [6, 6.07) is 24.0. The molecule has 1 aliphatic heterocycles. The molecule has 0 unspecified atom stereocenters. The Morgan fingerprint density at radius 2 is 1.65 bits per heavy atom. The van der Waals surface area contributed by atoms with Crippen molar-refractivity contribution in [2.24, 2.45) is 0 Å². The van der Waals surface area contributed by atoms with Crippen LogP contribution < -0.4 is 4.74 Å². The highest BCUT2D eigenvalue weighted by molar-refractivity contribution is 5.93. The molecule has 3 aromatic rings. The molecule has 8 heteroatoms. The topological polar surface area (TPSA) is 91.1 Å². The Morgan fingerprint density at radius 1 is 1.00 bits per heavy atom. The summed E-state index contributed by atoms with van der Waals surface area (Å²) < 4.78 is 11.7. The number of carbonyl (C=O) groups is 1. The maximum atomic E-state index is 13.0. The van der Waals surface area contributed by atoms with E-state index < -0.39 is 17.3 Å². The zero-order valence-electron chi connectivity index (χ0n) is 16.5. The Hall–Kier alpha value is -3.75. The summed E-state index contributed by atoms with van der Waals surface area (Å²) in [4.78, 5) is 29.7. The molecule has 8 nitrogen and oxygen atoms in total. The maximum absolute atomic E-state index is 13.0. The zero-order valence-corrected chi connectivity index (χ0v) is 16.5. The predicted molar refractivity (Wildman–Crippen MR) is 111 cm³/mol. The second-order valence-electron chi connectivity index (χ2n) is 6.87. The van der Waals surface area contributed by atoms with Crippen LogP contribution in [0.5, 0.6) is 5.75 Å². The predicted octanol–water partition coefficient (Wildman–Crippen LogP) is 4.15. The molecular formula is C23H20N2O6. The van der Waals surface area contributed by atoms with Gasteiger partial charge in [0.15, 0.2) is 0 Å². The Labute approximate surface area is 178 Å². The van der Waals surface area contributed by atoms with E-state index in [2.05, 4.69) is 0 Å². The monoisotopic (exact) mass is 420 g/mol. The van der Waals surface area contributed by atoms with Crippen LogP contribution in [0.4, 0.5) is 5.69 Å². The van der Waals surface area contributed by atoms with Gasteiger partial charge in [-0.25, -0.2) is 9.90 Å². The Bertz CT molecular complexity index is 1040. The number of hydroxylamine groups is 2. The highest BCUT2D eigenvalue weighted by Gasteiger charge is 2.36. The number of nitro benzene ring substituents is 1. The Balaban J connectivity index is 1.59. The van der Waals surface area contributed by atoms with Gasteiger partial charge in [-0.2, -0.15) is 0 Å². The first-order chi connectivity index (χ1) is 15.1.